The summed E-state index contributed by atoms with van der Waals surface area (Å²) in [5.41, 5.74) is -0.114. The number of sulfonamides is 1. The van der Waals surface area contributed by atoms with E-state index in [-0.39, 0.29) is 16.6 Å². The van der Waals surface area contributed by atoms with Gasteiger partial charge >= 0.3 is 0 Å². The molecule has 0 saturated carbocycles. The molecular weight excluding hydrogens is 288 g/mol. The van der Waals surface area contributed by atoms with Gasteiger partial charge in [0.2, 0.25) is 0 Å². The van der Waals surface area contributed by atoms with Crippen molar-refractivity contribution in [2.24, 2.45) is 7.05 Å². The van der Waals surface area contributed by atoms with Gasteiger partial charge in [-0.15, -0.1) is 0 Å². The summed E-state index contributed by atoms with van der Waals surface area (Å²) < 4.78 is 29.2. The first-order chi connectivity index (χ1) is 9.93. The molecule has 0 radical (unpaired) electrons. The topological polar surface area (TPSA) is 67.2 Å². The molecule has 3 heterocycles. The van der Waals surface area contributed by atoms with Crippen molar-refractivity contribution in [1.29, 1.82) is 0 Å². The highest BCUT2D eigenvalue weighted by atomic mass is 32.2. The molecule has 1 N–H and O–H groups in total. The molecule has 2 fully saturated rings. The quantitative estimate of drug-likeness (QED) is 0.888. The fourth-order valence-corrected chi connectivity index (χ4v) is 5.44. The Bertz CT molecular complexity index is 612. The molecule has 0 aliphatic carbocycles. The number of hydrogen-bond donors (Lipinski definition) is 1. The Balaban J connectivity index is 1.96. The van der Waals surface area contributed by atoms with Crippen LogP contribution in [-0.2, 0) is 17.1 Å². The van der Waals surface area contributed by atoms with Crippen LogP contribution in [-0.4, -0.2) is 46.9 Å². The maximum Gasteiger partial charge on any atom is 0.262 e. The van der Waals surface area contributed by atoms with Gasteiger partial charge in [-0.05, 0) is 39.2 Å². The summed E-state index contributed by atoms with van der Waals surface area (Å²) in [6.07, 6.45) is 8.17. The second-order valence-corrected chi connectivity index (χ2v) is 8.29. The smallest absolute Gasteiger partial charge is 0.262 e. The van der Waals surface area contributed by atoms with Crippen LogP contribution in [0.15, 0.2) is 17.6 Å². The summed E-state index contributed by atoms with van der Waals surface area (Å²) in [4.78, 5) is 4.06. The first-order valence-corrected chi connectivity index (χ1v) is 9.12. The molecule has 0 spiro atoms. The zero-order valence-electron chi connectivity index (χ0n) is 12.7. The van der Waals surface area contributed by atoms with Crippen molar-refractivity contribution >= 4 is 10.0 Å². The molecule has 0 aromatic carbocycles. The van der Waals surface area contributed by atoms with Gasteiger partial charge in [-0.1, -0.05) is 6.42 Å². The number of fused-ring (bicyclic) bond motifs is 1. The molecule has 0 unspecified atom stereocenters. The summed E-state index contributed by atoms with van der Waals surface area (Å²) in [5.74, 6) is 0. The summed E-state index contributed by atoms with van der Waals surface area (Å²) >= 11 is 0. The third-order valence-electron chi connectivity index (χ3n) is 4.85. The number of nitrogens with one attached hydrogen (secondary N) is 1. The number of hydrogen-bond acceptors (Lipinski definition) is 4. The van der Waals surface area contributed by atoms with E-state index >= 15 is 0 Å². The molecule has 6 nitrogen and oxygen atoms in total. The normalized spacial score (nSPS) is 31.6. The first-order valence-electron chi connectivity index (χ1n) is 7.68. The standard InChI is InChI=1S/C14H24N4O2S/c1-14-7-5-9-18(12(14)6-3-4-8-16-14)21(19,20)13-10-17(2)11-15-13/h10-12,16H,3-9H2,1-2H3/t12-,14-/m0/s1. The lowest BCUT2D eigenvalue weighted by molar-refractivity contribution is 0.124. The van der Waals surface area contributed by atoms with Gasteiger partial charge in [-0.3, -0.25) is 0 Å². The van der Waals surface area contributed by atoms with Gasteiger partial charge < -0.3 is 9.88 Å². The molecule has 7 heteroatoms. The second-order valence-electron chi connectivity index (χ2n) is 6.45. The predicted octanol–water partition coefficient (Wildman–Crippen LogP) is 1.11. The molecule has 3 rings (SSSR count). The molecule has 1 aromatic rings. The van der Waals surface area contributed by atoms with E-state index in [1.807, 2.05) is 0 Å². The number of imidazole rings is 1. The van der Waals surface area contributed by atoms with Gasteiger partial charge in [0.15, 0.2) is 5.03 Å². The largest absolute Gasteiger partial charge is 0.339 e. The molecule has 0 amide bonds. The van der Waals surface area contributed by atoms with Crippen LogP contribution in [0.1, 0.15) is 39.0 Å². The van der Waals surface area contributed by atoms with E-state index in [1.54, 1.807) is 28.4 Å². The average molecular weight is 312 g/mol. The monoisotopic (exact) mass is 312 g/mol. The van der Waals surface area contributed by atoms with E-state index in [4.69, 9.17) is 0 Å². The van der Waals surface area contributed by atoms with Crippen LogP contribution in [0.25, 0.3) is 0 Å². The van der Waals surface area contributed by atoms with Crippen LogP contribution >= 0.6 is 0 Å². The highest BCUT2D eigenvalue weighted by Gasteiger charge is 2.46. The number of rotatable bonds is 2. The number of aromatic nitrogens is 2. The average Bonchev–Trinajstić information content (AvgIpc) is 2.77. The molecule has 0 bridgehead atoms. The fraction of sp³-hybridized carbons (Fsp3) is 0.786. The van der Waals surface area contributed by atoms with Gasteiger partial charge in [0.05, 0.1) is 6.33 Å². The Hall–Kier alpha value is -0.920. The molecule has 1 aromatic heterocycles. The molecule has 2 aliphatic heterocycles. The highest BCUT2D eigenvalue weighted by molar-refractivity contribution is 7.89. The van der Waals surface area contributed by atoms with Crippen molar-refractivity contribution in [3.8, 4) is 0 Å². The lowest BCUT2D eigenvalue weighted by atomic mass is 9.82. The summed E-state index contributed by atoms with van der Waals surface area (Å²) in [7, 11) is -1.71. The molecular formula is C14H24N4O2S. The van der Waals surface area contributed by atoms with E-state index in [0.717, 1.165) is 38.6 Å². The van der Waals surface area contributed by atoms with Crippen LogP contribution in [0.3, 0.4) is 0 Å². The van der Waals surface area contributed by atoms with Crippen molar-refractivity contribution in [2.75, 3.05) is 13.1 Å². The SMILES string of the molecule is Cn1cnc(S(=O)(=O)N2CCC[C@]3(C)NCCCC[C@H]23)c1. The Labute approximate surface area is 126 Å². The molecule has 2 saturated heterocycles. The predicted molar refractivity (Wildman–Crippen MR) is 80.4 cm³/mol. The maximum atomic E-state index is 12.9. The van der Waals surface area contributed by atoms with E-state index < -0.39 is 10.0 Å². The number of aryl methyl sites for hydroxylation is 1. The van der Waals surface area contributed by atoms with E-state index in [0.29, 0.717) is 6.54 Å². The van der Waals surface area contributed by atoms with Crippen LogP contribution in [0, 0.1) is 0 Å². The lowest BCUT2D eigenvalue weighted by Gasteiger charge is -2.46. The Morgan fingerprint density at radius 1 is 1.38 bits per heavy atom. The summed E-state index contributed by atoms with van der Waals surface area (Å²) in [6, 6.07) is 0.0285. The minimum atomic E-state index is -3.50. The highest BCUT2D eigenvalue weighted by Crippen LogP contribution is 2.35. The number of piperidine rings is 1. The van der Waals surface area contributed by atoms with Gasteiger partial charge in [0.25, 0.3) is 10.0 Å². The Morgan fingerprint density at radius 2 is 2.19 bits per heavy atom. The molecule has 2 atom stereocenters. The van der Waals surface area contributed by atoms with Gasteiger partial charge in [-0.25, -0.2) is 13.4 Å². The third kappa shape index (κ3) is 2.62. The zero-order valence-corrected chi connectivity index (χ0v) is 13.6. The van der Waals surface area contributed by atoms with Crippen molar-refractivity contribution in [2.45, 2.75) is 55.6 Å². The maximum absolute atomic E-state index is 12.9. The van der Waals surface area contributed by atoms with Crippen LogP contribution in [0.4, 0.5) is 0 Å². The fourth-order valence-electron chi connectivity index (χ4n) is 3.68. The zero-order chi connectivity index (χ0) is 15.1. The van der Waals surface area contributed by atoms with E-state index in [1.165, 1.54) is 0 Å². The molecule has 2 aliphatic rings. The van der Waals surface area contributed by atoms with Crippen molar-refractivity contribution in [1.82, 2.24) is 19.2 Å². The molecule has 21 heavy (non-hydrogen) atoms. The van der Waals surface area contributed by atoms with Crippen molar-refractivity contribution < 1.29 is 8.42 Å². The minimum Gasteiger partial charge on any atom is -0.339 e. The van der Waals surface area contributed by atoms with E-state index in [9.17, 15) is 8.42 Å². The minimum absolute atomic E-state index is 0.0285. The van der Waals surface area contributed by atoms with Crippen LogP contribution < -0.4 is 5.32 Å². The second kappa shape index (κ2) is 5.37. The molecule has 118 valence electrons. The first kappa shape index (κ1) is 15.0. The van der Waals surface area contributed by atoms with Crippen molar-refractivity contribution in [3.05, 3.63) is 12.5 Å². The lowest BCUT2D eigenvalue weighted by Crippen LogP contribution is -2.62. The van der Waals surface area contributed by atoms with Crippen LogP contribution in [0.2, 0.25) is 0 Å². The third-order valence-corrected chi connectivity index (χ3v) is 6.64. The van der Waals surface area contributed by atoms with Gasteiger partial charge in [0.1, 0.15) is 0 Å². The van der Waals surface area contributed by atoms with E-state index in [2.05, 4.69) is 17.2 Å². The Kier molecular flexibility index (Phi) is 3.83. The Morgan fingerprint density at radius 3 is 2.90 bits per heavy atom. The summed E-state index contributed by atoms with van der Waals surface area (Å²) in [6.45, 7) is 3.74. The summed E-state index contributed by atoms with van der Waals surface area (Å²) in [5, 5.41) is 3.75. The van der Waals surface area contributed by atoms with Crippen LogP contribution in [0.5, 0.6) is 0 Å². The number of nitrogens with zero attached hydrogens (tertiary/aromatic N) is 3. The van der Waals surface area contributed by atoms with Crippen molar-refractivity contribution in [3.63, 3.8) is 0 Å². The van der Waals surface area contributed by atoms with Gasteiger partial charge in [-0.2, -0.15) is 4.31 Å². The van der Waals surface area contributed by atoms with Gasteiger partial charge in [0, 0.05) is 31.4 Å².